The monoisotopic (exact) mass is 251 g/mol. The van der Waals surface area contributed by atoms with E-state index in [1.165, 1.54) is 6.07 Å². The summed E-state index contributed by atoms with van der Waals surface area (Å²) in [6.45, 7) is 1.87. The highest BCUT2D eigenvalue weighted by molar-refractivity contribution is 6.31. The zero-order chi connectivity index (χ0) is 12.4. The van der Waals surface area contributed by atoms with Crippen LogP contribution in [0.15, 0.2) is 34.7 Å². The molecule has 0 saturated heterocycles. The number of carbonyl (C=O) groups is 1. The second kappa shape index (κ2) is 4.51. The SMILES string of the molecule is Cc1c(Cl)cccc1Nc1ccc(C(=O)O)o1. The van der Waals surface area contributed by atoms with Crippen LogP contribution >= 0.6 is 11.6 Å². The van der Waals surface area contributed by atoms with Crippen molar-refractivity contribution in [2.75, 3.05) is 5.32 Å². The van der Waals surface area contributed by atoms with Crippen molar-refractivity contribution >= 4 is 29.1 Å². The topological polar surface area (TPSA) is 62.5 Å². The molecule has 0 unspecified atom stereocenters. The molecule has 0 fully saturated rings. The molecule has 0 aliphatic heterocycles. The minimum atomic E-state index is -1.10. The van der Waals surface area contributed by atoms with Gasteiger partial charge in [-0.05, 0) is 30.7 Å². The van der Waals surface area contributed by atoms with E-state index in [9.17, 15) is 4.79 Å². The summed E-state index contributed by atoms with van der Waals surface area (Å²) in [6, 6.07) is 8.38. The molecular formula is C12H10ClNO3. The summed E-state index contributed by atoms with van der Waals surface area (Å²) in [5.74, 6) is -0.833. The van der Waals surface area contributed by atoms with E-state index >= 15 is 0 Å². The number of rotatable bonds is 3. The van der Waals surface area contributed by atoms with Crippen molar-refractivity contribution in [2.24, 2.45) is 0 Å². The molecule has 0 spiro atoms. The fourth-order valence-corrected chi connectivity index (χ4v) is 1.57. The van der Waals surface area contributed by atoms with Crippen LogP contribution in [0.1, 0.15) is 16.1 Å². The van der Waals surface area contributed by atoms with E-state index in [1.54, 1.807) is 18.2 Å². The van der Waals surface area contributed by atoms with Gasteiger partial charge in [-0.2, -0.15) is 0 Å². The number of furan rings is 1. The van der Waals surface area contributed by atoms with E-state index in [0.29, 0.717) is 10.9 Å². The van der Waals surface area contributed by atoms with Gasteiger partial charge in [-0.15, -0.1) is 0 Å². The number of hydrogen-bond donors (Lipinski definition) is 2. The molecule has 2 aromatic rings. The van der Waals surface area contributed by atoms with Crippen molar-refractivity contribution in [3.05, 3.63) is 46.7 Å². The lowest BCUT2D eigenvalue weighted by molar-refractivity contribution is 0.0663. The summed E-state index contributed by atoms with van der Waals surface area (Å²) in [4.78, 5) is 10.6. The number of halogens is 1. The third-order valence-corrected chi connectivity index (χ3v) is 2.75. The summed E-state index contributed by atoms with van der Waals surface area (Å²) >= 11 is 5.97. The van der Waals surface area contributed by atoms with E-state index in [-0.39, 0.29) is 5.76 Å². The van der Waals surface area contributed by atoms with Crippen LogP contribution in [-0.4, -0.2) is 11.1 Å². The molecule has 0 bridgehead atoms. The van der Waals surface area contributed by atoms with E-state index in [0.717, 1.165) is 11.3 Å². The first kappa shape index (κ1) is 11.5. The van der Waals surface area contributed by atoms with Gasteiger partial charge < -0.3 is 14.8 Å². The highest BCUT2D eigenvalue weighted by Gasteiger charge is 2.10. The van der Waals surface area contributed by atoms with E-state index < -0.39 is 5.97 Å². The Hall–Kier alpha value is -1.94. The molecule has 0 aliphatic carbocycles. The molecule has 1 heterocycles. The normalized spacial score (nSPS) is 10.2. The van der Waals surface area contributed by atoms with E-state index in [1.807, 2.05) is 13.0 Å². The number of aromatic carboxylic acids is 1. The van der Waals surface area contributed by atoms with Gasteiger partial charge in [0.15, 0.2) is 5.88 Å². The first-order chi connectivity index (χ1) is 8.08. The third-order valence-electron chi connectivity index (χ3n) is 2.34. The number of carboxylic acids is 1. The molecule has 2 rings (SSSR count). The smallest absolute Gasteiger partial charge is 0.371 e. The van der Waals surface area contributed by atoms with Crippen LogP contribution in [0.25, 0.3) is 0 Å². The molecule has 0 saturated carbocycles. The second-order valence-corrected chi connectivity index (χ2v) is 3.91. The van der Waals surface area contributed by atoms with Crippen LogP contribution in [0.3, 0.4) is 0 Å². The first-order valence-electron chi connectivity index (χ1n) is 4.93. The standard InChI is InChI=1S/C12H10ClNO3/c1-7-8(13)3-2-4-9(7)14-11-6-5-10(17-11)12(15)16/h2-6,14H,1H3,(H,15,16). The van der Waals surface area contributed by atoms with Gasteiger partial charge in [0.2, 0.25) is 5.76 Å². The van der Waals surface area contributed by atoms with Crippen molar-refractivity contribution in [1.82, 2.24) is 0 Å². The van der Waals surface area contributed by atoms with Crippen LogP contribution < -0.4 is 5.32 Å². The lowest BCUT2D eigenvalue weighted by Crippen LogP contribution is -1.93. The molecule has 5 heteroatoms. The van der Waals surface area contributed by atoms with Gasteiger partial charge >= 0.3 is 5.97 Å². The van der Waals surface area contributed by atoms with Crippen molar-refractivity contribution in [3.63, 3.8) is 0 Å². The van der Waals surface area contributed by atoms with Crippen LogP contribution in [0.5, 0.6) is 0 Å². The molecule has 0 radical (unpaired) electrons. The van der Waals surface area contributed by atoms with Gasteiger partial charge in [-0.1, -0.05) is 17.7 Å². The Labute approximate surface area is 103 Å². The largest absolute Gasteiger partial charge is 0.475 e. The molecular weight excluding hydrogens is 242 g/mol. The second-order valence-electron chi connectivity index (χ2n) is 3.51. The zero-order valence-electron chi connectivity index (χ0n) is 9.03. The fraction of sp³-hybridized carbons (Fsp3) is 0.0833. The highest BCUT2D eigenvalue weighted by atomic mass is 35.5. The van der Waals surface area contributed by atoms with Gasteiger partial charge in [0.1, 0.15) is 0 Å². The lowest BCUT2D eigenvalue weighted by atomic mass is 10.2. The summed E-state index contributed by atoms with van der Waals surface area (Å²) in [6.07, 6.45) is 0. The summed E-state index contributed by atoms with van der Waals surface area (Å²) < 4.78 is 5.09. The predicted octanol–water partition coefficient (Wildman–Crippen LogP) is 3.68. The summed E-state index contributed by atoms with van der Waals surface area (Å²) in [5, 5.41) is 12.3. The lowest BCUT2D eigenvalue weighted by Gasteiger charge is -2.07. The van der Waals surface area contributed by atoms with Crippen LogP contribution in [0.4, 0.5) is 11.6 Å². The van der Waals surface area contributed by atoms with Crippen molar-refractivity contribution in [2.45, 2.75) is 6.92 Å². The van der Waals surface area contributed by atoms with Gasteiger partial charge in [-0.3, -0.25) is 0 Å². The minimum Gasteiger partial charge on any atom is -0.475 e. The van der Waals surface area contributed by atoms with Crippen molar-refractivity contribution in [1.29, 1.82) is 0 Å². The molecule has 2 N–H and O–H groups in total. The van der Waals surface area contributed by atoms with Gasteiger partial charge in [0, 0.05) is 16.8 Å². The van der Waals surface area contributed by atoms with Gasteiger partial charge in [0.05, 0.1) is 0 Å². The molecule has 4 nitrogen and oxygen atoms in total. The molecule has 1 aromatic heterocycles. The predicted molar refractivity (Wildman–Crippen MR) is 65.1 cm³/mol. The van der Waals surface area contributed by atoms with Crippen LogP contribution in [0, 0.1) is 6.92 Å². The van der Waals surface area contributed by atoms with Gasteiger partial charge in [-0.25, -0.2) is 4.79 Å². The Balaban J connectivity index is 2.25. The van der Waals surface area contributed by atoms with Gasteiger partial charge in [0.25, 0.3) is 0 Å². The van der Waals surface area contributed by atoms with Crippen molar-refractivity contribution in [3.8, 4) is 0 Å². The van der Waals surface area contributed by atoms with E-state index in [4.69, 9.17) is 21.1 Å². The van der Waals surface area contributed by atoms with E-state index in [2.05, 4.69) is 5.32 Å². The quantitative estimate of drug-likeness (QED) is 0.873. The molecule has 0 amide bonds. The molecule has 0 atom stereocenters. The first-order valence-corrected chi connectivity index (χ1v) is 5.31. The maximum absolute atomic E-state index is 10.6. The number of carboxylic acid groups (broad SMARTS) is 1. The Morgan fingerprint density at radius 3 is 2.76 bits per heavy atom. The summed E-state index contributed by atoms with van der Waals surface area (Å²) in [5.41, 5.74) is 1.66. The third kappa shape index (κ3) is 2.42. The molecule has 17 heavy (non-hydrogen) atoms. The maximum Gasteiger partial charge on any atom is 0.371 e. The average Bonchev–Trinajstić information content (AvgIpc) is 2.73. The highest BCUT2D eigenvalue weighted by Crippen LogP contribution is 2.26. The Morgan fingerprint density at radius 2 is 2.12 bits per heavy atom. The summed E-state index contributed by atoms with van der Waals surface area (Å²) in [7, 11) is 0. The van der Waals surface area contributed by atoms with Crippen LogP contribution in [-0.2, 0) is 0 Å². The molecule has 88 valence electrons. The zero-order valence-corrected chi connectivity index (χ0v) is 9.78. The Bertz CT molecular complexity index is 563. The van der Waals surface area contributed by atoms with Crippen molar-refractivity contribution < 1.29 is 14.3 Å². The number of benzene rings is 1. The number of anilines is 2. The number of nitrogens with one attached hydrogen (secondary N) is 1. The number of hydrogen-bond acceptors (Lipinski definition) is 3. The Morgan fingerprint density at radius 1 is 1.35 bits per heavy atom. The minimum absolute atomic E-state index is 0.104. The maximum atomic E-state index is 10.6. The average molecular weight is 252 g/mol. The fourth-order valence-electron chi connectivity index (χ4n) is 1.40. The molecule has 0 aliphatic rings. The van der Waals surface area contributed by atoms with Crippen LogP contribution in [0.2, 0.25) is 5.02 Å². The molecule has 1 aromatic carbocycles. The Kier molecular flexibility index (Phi) is 3.06.